The fourth-order valence-corrected chi connectivity index (χ4v) is 4.63. The number of rotatable bonds is 7. The molecule has 1 aromatic carbocycles. The Morgan fingerprint density at radius 3 is 2.81 bits per heavy atom. The highest BCUT2D eigenvalue weighted by Crippen LogP contribution is 2.20. The van der Waals surface area contributed by atoms with Gasteiger partial charge in [0.25, 0.3) is 5.91 Å². The van der Waals surface area contributed by atoms with Gasteiger partial charge in [-0.25, -0.2) is 8.42 Å². The second kappa shape index (κ2) is 8.33. The first kappa shape index (κ1) is 19.1. The zero-order valence-corrected chi connectivity index (χ0v) is 16.4. The minimum Gasteiger partial charge on any atom is -0.376 e. The minimum absolute atomic E-state index is 0.0647. The molecular formula is C19H23NO4S2. The van der Waals surface area contributed by atoms with Crippen LogP contribution in [0.15, 0.2) is 41.8 Å². The van der Waals surface area contributed by atoms with Crippen LogP contribution in [0.2, 0.25) is 0 Å². The van der Waals surface area contributed by atoms with Crippen LogP contribution in [-0.4, -0.2) is 44.7 Å². The van der Waals surface area contributed by atoms with Gasteiger partial charge in [-0.2, -0.15) is 0 Å². The van der Waals surface area contributed by atoms with Gasteiger partial charge in [-0.05, 0) is 42.0 Å². The molecule has 1 aromatic heterocycles. The van der Waals surface area contributed by atoms with Gasteiger partial charge in [0.05, 0.1) is 18.4 Å². The molecule has 0 N–H and O–H groups in total. The molecule has 26 heavy (non-hydrogen) atoms. The number of hydrogen-bond acceptors (Lipinski definition) is 5. The van der Waals surface area contributed by atoms with Gasteiger partial charge in [0.1, 0.15) is 0 Å². The molecule has 1 aliphatic rings. The first-order valence-corrected chi connectivity index (χ1v) is 11.5. The topological polar surface area (TPSA) is 63.7 Å². The molecule has 5 nitrogen and oxygen atoms in total. The Balaban J connectivity index is 1.80. The van der Waals surface area contributed by atoms with Crippen molar-refractivity contribution >= 4 is 27.1 Å². The summed E-state index contributed by atoms with van der Waals surface area (Å²) in [6, 6.07) is 10.9. The van der Waals surface area contributed by atoms with Gasteiger partial charge >= 0.3 is 0 Å². The molecule has 0 spiro atoms. The molecule has 0 radical (unpaired) electrons. The standard InChI is InChI=1S/C19H23NO4S2/c1-26(22,23)14-15-5-2-6-16(11-15)19(21)20(12-17-7-3-9-24-17)13-18-8-4-10-25-18/h2,4-6,8,10-11,17H,3,7,9,12-14H2,1H3/t17-/m1/s1. The van der Waals surface area contributed by atoms with Crippen LogP contribution in [-0.2, 0) is 26.9 Å². The lowest BCUT2D eigenvalue weighted by Gasteiger charge is -2.25. The summed E-state index contributed by atoms with van der Waals surface area (Å²) < 4.78 is 28.8. The Hall–Kier alpha value is -1.70. The number of carbonyl (C=O) groups excluding carboxylic acids is 1. The molecule has 0 unspecified atom stereocenters. The van der Waals surface area contributed by atoms with Gasteiger partial charge in [0, 0.05) is 29.8 Å². The summed E-state index contributed by atoms with van der Waals surface area (Å²) in [5.41, 5.74) is 1.15. The minimum atomic E-state index is -3.14. The molecule has 1 fully saturated rings. The van der Waals surface area contributed by atoms with Gasteiger partial charge in [-0.3, -0.25) is 4.79 Å². The van der Waals surface area contributed by atoms with E-state index < -0.39 is 9.84 Å². The third-order valence-electron chi connectivity index (χ3n) is 4.26. The summed E-state index contributed by atoms with van der Waals surface area (Å²) in [5.74, 6) is -0.158. The fraction of sp³-hybridized carbons (Fsp3) is 0.421. The van der Waals surface area contributed by atoms with E-state index in [-0.39, 0.29) is 17.8 Å². The van der Waals surface area contributed by atoms with Crippen molar-refractivity contribution in [1.82, 2.24) is 4.90 Å². The molecule has 3 rings (SSSR count). The maximum Gasteiger partial charge on any atom is 0.254 e. The monoisotopic (exact) mass is 393 g/mol. The molecule has 2 heterocycles. The Bertz CT molecular complexity index is 840. The van der Waals surface area contributed by atoms with E-state index in [9.17, 15) is 13.2 Å². The highest BCUT2D eigenvalue weighted by molar-refractivity contribution is 7.89. The average molecular weight is 394 g/mol. The van der Waals surface area contributed by atoms with Crippen molar-refractivity contribution in [2.45, 2.75) is 31.2 Å². The van der Waals surface area contributed by atoms with Gasteiger partial charge in [0.2, 0.25) is 0 Å². The highest BCUT2D eigenvalue weighted by atomic mass is 32.2. The van der Waals surface area contributed by atoms with E-state index in [0.29, 0.717) is 24.2 Å². The number of hydrogen-bond donors (Lipinski definition) is 0. The molecule has 0 bridgehead atoms. The summed E-state index contributed by atoms with van der Waals surface area (Å²) >= 11 is 1.62. The van der Waals surface area contributed by atoms with Crippen LogP contribution in [0.4, 0.5) is 0 Å². The smallest absolute Gasteiger partial charge is 0.254 e. The van der Waals surface area contributed by atoms with Gasteiger partial charge in [-0.1, -0.05) is 18.2 Å². The maximum atomic E-state index is 13.1. The van der Waals surface area contributed by atoms with Crippen molar-refractivity contribution in [2.75, 3.05) is 19.4 Å². The largest absolute Gasteiger partial charge is 0.376 e. The van der Waals surface area contributed by atoms with Crippen LogP contribution in [0, 0.1) is 0 Å². The number of amides is 1. The SMILES string of the molecule is CS(=O)(=O)Cc1cccc(C(=O)N(Cc2cccs2)C[C@H]2CCCO2)c1. The predicted octanol–water partition coefficient (Wildman–Crippen LogP) is 3.11. The molecule has 1 saturated heterocycles. The van der Waals surface area contributed by atoms with Crippen molar-refractivity contribution in [1.29, 1.82) is 0 Å². The van der Waals surface area contributed by atoms with E-state index in [1.54, 1.807) is 40.5 Å². The summed E-state index contributed by atoms with van der Waals surface area (Å²) in [6.45, 7) is 1.83. The van der Waals surface area contributed by atoms with Gasteiger partial charge in [-0.15, -0.1) is 11.3 Å². The summed E-state index contributed by atoms with van der Waals surface area (Å²) in [7, 11) is -3.14. The average Bonchev–Trinajstić information content (AvgIpc) is 3.26. The molecule has 2 aromatic rings. The number of carbonyl (C=O) groups is 1. The van der Waals surface area contributed by atoms with Crippen molar-refractivity contribution in [2.24, 2.45) is 0 Å². The molecule has 0 saturated carbocycles. The van der Waals surface area contributed by atoms with Crippen LogP contribution < -0.4 is 0 Å². The first-order valence-electron chi connectivity index (χ1n) is 8.60. The summed E-state index contributed by atoms with van der Waals surface area (Å²) in [6.07, 6.45) is 3.25. The Labute approximate surface area is 158 Å². The number of ether oxygens (including phenoxy) is 1. The highest BCUT2D eigenvalue weighted by Gasteiger charge is 2.24. The van der Waals surface area contributed by atoms with E-state index in [4.69, 9.17) is 4.74 Å². The lowest BCUT2D eigenvalue weighted by atomic mass is 10.1. The van der Waals surface area contributed by atoms with Crippen LogP contribution in [0.3, 0.4) is 0 Å². The maximum absolute atomic E-state index is 13.1. The second-order valence-electron chi connectivity index (χ2n) is 6.67. The fourth-order valence-electron chi connectivity index (χ4n) is 3.12. The Kier molecular flexibility index (Phi) is 6.11. The number of benzene rings is 1. The zero-order valence-electron chi connectivity index (χ0n) is 14.8. The Morgan fingerprint density at radius 1 is 1.31 bits per heavy atom. The summed E-state index contributed by atoms with van der Waals surface area (Å²) in [4.78, 5) is 16.0. The molecule has 1 aliphatic heterocycles. The molecule has 140 valence electrons. The Morgan fingerprint density at radius 2 is 2.15 bits per heavy atom. The van der Waals surface area contributed by atoms with Crippen molar-refractivity contribution in [3.63, 3.8) is 0 Å². The second-order valence-corrected chi connectivity index (χ2v) is 9.84. The lowest BCUT2D eigenvalue weighted by molar-refractivity contribution is 0.0509. The third-order valence-corrected chi connectivity index (χ3v) is 5.98. The molecule has 1 atom stereocenters. The number of sulfone groups is 1. The molecule has 0 aliphatic carbocycles. The van der Waals surface area contributed by atoms with Gasteiger partial charge < -0.3 is 9.64 Å². The van der Waals surface area contributed by atoms with Crippen LogP contribution in [0.5, 0.6) is 0 Å². The van der Waals surface area contributed by atoms with E-state index >= 15 is 0 Å². The van der Waals surface area contributed by atoms with Crippen LogP contribution in [0.1, 0.15) is 33.6 Å². The van der Waals surface area contributed by atoms with Crippen molar-refractivity contribution in [3.8, 4) is 0 Å². The van der Waals surface area contributed by atoms with Gasteiger partial charge in [0.15, 0.2) is 9.84 Å². The number of thiophene rings is 1. The molecule has 1 amide bonds. The normalized spacial score (nSPS) is 17.3. The van der Waals surface area contributed by atoms with Crippen LogP contribution in [0.25, 0.3) is 0 Å². The van der Waals surface area contributed by atoms with E-state index in [0.717, 1.165) is 24.3 Å². The molecular weight excluding hydrogens is 370 g/mol. The quantitative estimate of drug-likeness (QED) is 0.725. The van der Waals surface area contributed by atoms with Crippen LogP contribution >= 0.6 is 11.3 Å². The first-order chi connectivity index (χ1) is 12.4. The lowest BCUT2D eigenvalue weighted by Crippen LogP contribution is -2.36. The number of nitrogens with zero attached hydrogens (tertiary/aromatic N) is 1. The van der Waals surface area contributed by atoms with E-state index in [2.05, 4.69) is 0 Å². The third kappa shape index (κ3) is 5.40. The summed E-state index contributed by atoms with van der Waals surface area (Å²) in [5, 5.41) is 2.00. The zero-order chi connectivity index (χ0) is 18.6. The predicted molar refractivity (Wildman–Crippen MR) is 103 cm³/mol. The van der Waals surface area contributed by atoms with E-state index in [1.807, 2.05) is 17.5 Å². The van der Waals surface area contributed by atoms with Crippen molar-refractivity contribution < 1.29 is 17.9 Å². The molecule has 7 heteroatoms. The van der Waals surface area contributed by atoms with Crippen molar-refractivity contribution in [3.05, 3.63) is 57.8 Å². The van der Waals surface area contributed by atoms with E-state index in [1.165, 1.54) is 6.26 Å².